The minimum absolute atomic E-state index is 0.161. The first-order valence-electron chi connectivity index (χ1n) is 12.2. The maximum Gasteiger partial charge on any atom is 0.297 e. The third-order valence-electron chi connectivity index (χ3n) is 9.97. The topological polar surface area (TPSA) is 43.4 Å². The second-order valence-electron chi connectivity index (χ2n) is 11.5. The highest BCUT2D eigenvalue weighted by Crippen LogP contribution is 2.66. The number of benzene rings is 1. The molecule has 1 aromatic rings. The summed E-state index contributed by atoms with van der Waals surface area (Å²) in [7, 11) is -3.68. The molecule has 0 bridgehead atoms. The van der Waals surface area contributed by atoms with E-state index in [1.54, 1.807) is 12.1 Å². The van der Waals surface area contributed by atoms with Gasteiger partial charge in [0.2, 0.25) is 0 Å². The van der Waals surface area contributed by atoms with E-state index in [1.165, 1.54) is 44.9 Å². The van der Waals surface area contributed by atoms with Crippen molar-refractivity contribution < 1.29 is 12.6 Å². The van der Waals surface area contributed by atoms with Gasteiger partial charge in [-0.1, -0.05) is 38.0 Å². The molecule has 5 rings (SSSR count). The minimum Gasteiger partial charge on any atom is -0.263 e. The summed E-state index contributed by atoms with van der Waals surface area (Å²) in [5.74, 6) is 3.28. The minimum atomic E-state index is -3.68. The lowest BCUT2D eigenvalue weighted by atomic mass is 9.45. The van der Waals surface area contributed by atoms with Crippen molar-refractivity contribution in [2.45, 2.75) is 96.0 Å². The monoisotopic (exact) mass is 430 g/mol. The first-order chi connectivity index (χ1) is 14.2. The molecule has 0 amide bonds. The summed E-state index contributed by atoms with van der Waals surface area (Å²) < 4.78 is 31.4. The van der Waals surface area contributed by atoms with Crippen LogP contribution < -0.4 is 0 Å². The smallest absolute Gasteiger partial charge is 0.263 e. The van der Waals surface area contributed by atoms with Gasteiger partial charge < -0.3 is 0 Å². The zero-order valence-corrected chi connectivity index (χ0v) is 19.7. The van der Waals surface area contributed by atoms with Crippen LogP contribution in [0.25, 0.3) is 0 Å². The van der Waals surface area contributed by atoms with Crippen molar-refractivity contribution in [3.63, 3.8) is 0 Å². The number of hydrogen-bond acceptors (Lipinski definition) is 3. The van der Waals surface area contributed by atoms with Crippen LogP contribution in [0.5, 0.6) is 0 Å². The third kappa shape index (κ3) is 3.37. The Hall–Kier alpha value is -0.870. The highest BCUT2D eigenvalue weighted by molar-refractivity contribution is 7.86. The molecule has 0 N–H and O–H groups in total. The van der Waals surface area contributed by atoms with Gasteiger partial charge in [0.1, 0.15) is 0 Å². The van der Waals surface area contributed by atoms with Crippen LogP contribution in [0.2, 0.25) is 0 Å². The molecule has 4 saturated carbocycles. The Labute approximate surface area is 183 Å². The molecule has 0 spiro atoms. The summed E-state index contributed by atoms with van der Waals surface area (Å²) in [6.07, 6.45) is 12.5. The average molecular weight is 431 g/mol. The summed E-state index contributed by atoms with van der Waals surface area (Å²) in [4.78, 5) is 0.290. The Morgan fingerprint density at radius 2 is 1.67 bits per heavy atom. The maximum atomic E-state index is 12.8. The Morgan fingerprint density at radius 1 is 0.900 bits per heavy atom. The zero-order valence-electron chi connectivity index (χ0n) is 18.9. The Balaban J connectivity index is 1.30. The SMILES string of the molecule is Cc1ccc(S(=O)(=O)O[C@@H]2CC[C@@]3(C)[C@H](CC[C@@H]4[C@H]5CCC[C@@]5(C)CC[C@@H]43)C2)cc1. The molecule has 3 nitrogen and oxygen atoms in total. The van der Waals surface area contributed by atoms with Crippen molar-refractivity contribution in [1.29, 1.82) is 0 Å². The molecule has 1 aromatic carbocycles. The van der Waals surface area contributed by atoms with Crippen molar-refractivity contribution in [3.05, 3.63) is 29.8 Å². The molecule has 4 fully saturated rings. The molecule has 166 valence electrons. The second-order valence-corrected chi connectivity index (χ2v) is 13.1. The fraction of sp³-hybridized carbons (Fsp3) is 0.769. The van der Waals surface area contributed by atoms with E-state index in [1.807, 2.05) is 19.1 Å². The Kier molecular flexibility index (Phi) is 5.13. The van der Waals surface area contributed by atoms with Crippen LogP contribution in [0.4, 0.5) is 0 Å². The molecule has 4 heteroatoms. The predicted octanol–water partition coefficient (Wildman–Crippen LogP) is 6.50. The molecule has 0 aliphatic heterocycles. The summed E-state index contributed by atoms with van der Waals surface area (Å²) >= 11 is 0. The van der Waals surface area contributed by atoms with E-state index in [-0.39, 0.29) is 11.0 Å². The summed E-state index contributed by atoms with van der Waals surface area (Å²) in [6, 6.07) is 7.03. The van der Waals surface area contributed by atoms with Crippen molar-refractivity contribution in [2.24, 2.45) is 34.5 Å². The van der Waals surface area contributed by atoms with Crippen LogP contribution in [0.1, 0.15) is 83.6 Å². The van der Waals surface area contributed by atoms with E-state index in [0.717, 1.165) is 42.6 Å². The van der Waals surface area contributed by atoms with Crippen LogP contribution in [0.3, 0.4) is 0 Å². The number of aryl methyl sites for hydroxylation is 1. The molecule has 0 saturated heterocycles. The lowest BCUT2D eigenvalue weighted by Gasteiger charge is -2.60. The molecule has 0 radical (unpaired) electrons. The normalized spacial score (nSPS) is 43.5. The second kappa shape index (κ2) is 7.33. The van der Waals surface area contributed by atoms with Crippen LogP contribution >= 0.6 is 0 Å². The fourth-order valence-electron chi connectivity index (χ4n) is 8.24. The maximum absolute atomic E-state index is 12.8. The Bertz CT molecular complexity index is 891. The van der Waals surface area contributed by atoms with Crippen LogP contribution in [0, 0.1) is 41.4 Å². The number of fused-ring (bicyclic) bond motifs is 5. The first kappa shape index (κ1) is 21.0. The zero-order chi connectivity index (χ0) is 21.1. The summed E-state index contributed by atoms with van der Waals surface area (Å²) in [5, 5.41) is 0. The van der Waals surface area contributed by atoms with Gasteiger partial charge >= 0.3 is 0 Å². The lowest BCUT2D eigenvalue weighted by molar-refractivity contribution is -0.117. The summed E-state index contributed by atoms with van der Waals surface area (Å²) in [6.45, 7) is 7.07. The van der Waals surface area contributed by atoms with Crippen molar-refractivity contribution in [3.8, 4) is 0 Å². The lowest BCUT2D eigenvalue weighted by Crippen LogP contribution is -2.53. The summed E-state index contributed by atoms with van der Waals surface area (Å²) in [5.41, 5.74) is 2.04. The van der Waals surface area contributed by atoms with Gasteiger partial charge in [0, 0.05) is 0 Å². The molecule has 4 aliphatic carbocycles. The Morgan fingerprint density at radius 3 is 2.43 bits per heavy atom. The molecular formula is C26H38O3S. The standard InChI is InChI=1S/C26H38O3S/c1-18-6-9-21(10-7-18)30(27,28)29-20-12-16-26(3)19(17-20)8-11-22-23-5-4-14-25(23,2)15-13-24(22)26/h6-7,9-10,19-20,22-24H,4-5,8,11-17H2,1-3H3/t19-,20-,22-,23-,24+,25+,26+/m1/s1. The predicted molar refractivity (Wildman–Crippen MR) is 120 cm³/mol. The molecule has 0 unspecified atom stereocenters. The van der Waals surface area contributed by atoms with Gasteiger partial charge in [-0.15, -0.1) is 0 Å². The van der Waals surface area contributed by atoms with Crippen molar-refractivity contribution in [2.75, 3.05) is 0 Å². The van der Waals surface area contributed by atoms with E-state index in [2.05, 4.69) is 13.8 Å². The van der Waals surface area contributed by atoms with Crippen LogP contribution in [-0.2, 0) is 14.3 Å². The highest BCUT2D eigenvalue weighted by Gasteiger charge is 2.58. The third-order valence-corrected chi connectivity index (χ3v) is 11.3. The van der Waals surface area contributed by atoms with Gasteiger partial charge in [0.25, 0.3) is 10.1 Å². The van der Waals surface area contributed by atoms with Gasteiger partial charge in [-0.05, 0) is 111 Å². The van der Waals surface area contributed by atoms with Crippen molar-refractivity contribution in [1.82, 2.24) is 0 Å². The number of hydrogen-bond donors (Lipinski definition) is 0. The van der Waals surface area contributed by atoms with Gasteiger partial charge in [-0.2, -0.15) is 8.42 Å². The molecular weight excluding hydrogens is 392 g/mol. The van der Waals surface area contributed by atoms with E-state index >= 15 is 0 Å². The molecule has 0 heterocycles. The van der Waals surface area contributed by atoms with E-state index in [4.69, 9.17) is 4.18 Å². The van der Waals surface area contributed by atoms with Gasteiger partial charge in [-0.25, -0.2) is 0 Å². The van der Waals surface area contributed by atoms with Crippen LogP contribution in [0.15, 0.2) is 29.2 Å². The molecule has 30 heavy (non-hydrogen) atoms. The van der Waals surface area contributed by atoms with Crippen molar-refractivity contribution >= 4 is 10.1 Å². The average Bonchev–Trinajstić information content (AvgIpc) is 3.10. The molecule has 4 aliphatic rings. The van der Waals surface area contributed by atoms with E-state index in [0.29, 0.717) is 16.7 Å². The highest BCUT2D eigenvalue weighted by atomic mass is 32.2. The van der Waals surface area contributed by atoms with E-state index < -0.39 is 10.1 Å². The van der Waals surface area contributed by atoms with Crippen LogP contribution in [-0.4, -0.2) is 14.5 Å². The first-order valence-corrected chi connectivity index (χ1v) is 13.6. The van der Waals surface area contributed by atoms with E-state index in [9.17, 15) is 8.42 Å². The number of rotatable bonds is 3. The van der Waals surface area contributed by atoms with Gasteiger partial charge in [0.15, 0.2) is 0 Å². The quantitative estimate of drug-likeness (QED) is 0.514. The molecule has 7 atom stereocenters. The molecule has 0 aromatic heterocycles. The largest absolute Gasteiger partial charge is 0.297 e. The van der Waals surface area contributed by atoms with Gasteiger partial charge in [0.05, 0.1) is 11.0 Å². The fourth-order valence-corrected chi connectivity index (χ4v) is 9.35. The van der Waals surface area contributed by atoms with Gasteiger partial charge in [-0.3, -0.25) is 4.18 Å².